The molecule has 3 aromatic carbocycles. The van der Waals surface area contributed by atoms with Crippen molar-refractivity contribution in [3.63, 3.8) is 0 Å². The number of hydrogen-bond donors (Lipinski definition) is 2. The first-order valence-corrected chi connectivity index (χ1v) is 13.1. The van der Waals surface area contributed by atoms with Gasteiger partial charge in [-0.25, -0.2) is 9.78 Å². The Labute approximate surface area is 224 Å². The summed E-state index contributed by atoms with van der Waals surface area (Å²) in [6, 6.07) is 25.3. The molecule has 1 fully saturated rings. The van der Waals surface area contributed by atoms with Crippen LogP contribution in [0.1, 0.15) is 28.8 Å². The van der Waals surface area contributed by atoms with Gasteiger partial charge in [0.05, 0.1) is 4.88 Å². The molecule has 1 unspecified atom stereocenters. The predicted molar refractivity (Wildman–Crippen MR) is 147 cm³/mol. The summed E-state index contributed by atoms with van der Waals surface area (Å²) >= 11 is 1.32. The molecule has 5 rings (SSSR count). The van der Waals surface area contributed by atoms with Crippen molar-refractivity contribution in [1.29, 1.82) is 0 Å². The van der Waals surface area contributed by atoms with Crippen LogP contribution in [0.2, 0.25) is 0 Å². The zero-order valence-electron chi connectivity index (χ0n) is 20.5. The van der Waals surface area contributed by atoms with Gasteiger partial charge in [0, 0.05) is 24.0 Å². The topological polar surface area (TPSA) is 101 Å². The molecule has 4 aromatic rings. The van der Waals surface area contributed by atoms with Gasteiger partial charge < -0.3 is 15.4 Å². The third-order valence-corrected chi connectivity index (χ3v) is 7.13. The van der Waals surface area contributed by atoms with Crippen LogP contribution in [0.3, 0.4) is 0 Å². The molecule has 9 heteroatoms. The van der Waals surface area contributed by atoms with Crippen molar-refractivity contribution in [2.75, 3.05) is 17.2 Å². The van der Waals surface area contributed by atoms with Crippen molar-refractivity contribution in [2.45, 2.75) is 25.5 Å². The number of likely N-dealkylation sites (tertiary alicyclic amines) is 1. The molecule has 8 nitrogen and oxygen atoms in total. The molecule has 1 atom stereocenters. The second-order valence-corrected chi connectivity index (χ2v) is 9.84. The number of anilines is 2. The predicted octanol–water partition coefficient (Wildman–Crippen LogP) is 5.80. The molecule has 2 heterocycles. The molecule has 1 aromatic heterocycles. The van der Waals surface area contributed by atoms with Crippen LogP contribution in [0.25, 0.3) is 10.4 Å². The van der Waals surface area contributed by atoms with Crippen LogP contribution in [0.4, 0.5) is 15.6 Å². The van der Waals surface area contributed by atoms with Crippen molar-refractivity contribution in [3.05, 3.63) is 102 Å². The van der Waals surface area contributed by atoms with E-state index in [4.69, 9.17) is 4.74 Å². The van der Waals surface area contributed by atoms with E-state index in [1.54, 1.807) is 18.3 Å². The fourth-order valence-electron chi connectivity index (χ4n) is 4.26. The summed E-state index contributed by atoms with van der Waals surface area (Å²) in [5.74, 6) is -0.479. The number of thiazole rings is 1. The maximum absolute atomic E-state index is 13.0. The van der Waals surface area contributed by atoms with Gasteiger partial charge in [0.2, 0.25) is 5.91 Å². The number of ether oxygens (including phenoxy) is 1. The minimum Gasteiger partial charge on any atom is -0.445 e. The SMILES string of the molecule is O=C(Nc1cccc(-c2cnc(NC(=O)C3CCCN3C(=O)OCc3ccccc3)s2)c1)c1ccccc1. The first-order chi connectivity index (χ1) is 18.6. The van der Waals surface area contributed by atoms with E-state index in [9.17, 15) is 14.4 Å². The van der Waals surface area contributed by atoms with Crippen LogP contribution in [0.15, 0.2) is 91.1 Å². The molecule has 1 aliphatic heterocycles. The van der Waals surface area contributed by atoms with E-state index in [0.29, 0.717) is 29.3 Å². The number of nitrogens with one attached hydrogen (secondary N) is 2. The first kappa shape index (κ1) is 25.2. The normalized spacial score (nSPS) is 14.6. The Kier molecular flexibility index (Phi) is 7.75. The van der Waals surface area contributed by atoms with Crippen molar-refractivity contribution in [1.82, 2.24) is 9.88 Å². The molecule has 0 radical (unpaired) electrons. The molecule has 1 aliphatic rings. The number of benzene rings is 3. The summed E-state index contributed by atoms with van der Waals surface area (Å²) in [5, 5.41) is 6.20. The Balaban J connectivity index is 1.20. The van der Waals surface area contributed by atoms with Gasteiger partial charge in [0.1, 0.15) is 12.6 Å². The monoisotopic (exact) mass is 526 g/mol. The van der Waals surface area contributed by atoms with E-state index in [1.165, 1.54) is 16.2 Å². The van der Waals surface area contributed by atoms with E-state index < -0.39 is 12.1 Å². The molecule has 0 aliphatic carbocycles. The number of carbonyl (C=O) groups is 3. The van der Waals surface area contributed by atoms with Gasteiger partial charge in [-0.1, -0.05) is 72.0 Å². The number of aromatic nitrogens is 1. The largest absolute Gasteiger partial charge is 0.445 e. The summed E-state index contributed by atoms with van der Waals surface area (Å²) in [7, 11) is 0. The summed E-state index contributed by atoms with van der Waals surface area (Å²) < 4.78 is 5.44. The Morgan fingerprint density at radius 1 is 0.947 bits per heavy atom. The van der Waals surface area contributed by atoms with Crippen LogP contribution < -0.4 is 10.6 Å². The number of hydrogen-bond acceptors (Lipinski definition) is 6. The second kappa shape index (κ2) is 11.7. The van der Waals surface area contributed by atoms with Crippen molar-refractivity contribution < 1.29 is 19.1 Å². The molecule has 0 spiro atoms. The second-order valence-electron chi connectivity index (χ2n) is 8.81. The van der Waals surface area contributed by atoms with Gasteiger partial charge in [-0.05, 0) is 48.2 Å². The highest BCUT2D eigenvalue weighted by molar-refractivity contribution is 7.19. The highest BCUT2D eigenvalue weighted by Crippen LogP contribution is 2.31. The Morgan fingerprint density at radius 3 is 2.50 bits per heavy atom. The highest BCUT2D eigenvalue weighted by atomic mass is 32.1. The van der Waals surface area contributed by atoms with Crippen LogP contribution in [0, 0.1) is 0 Å². The van der Waals surface area contributed by atoms with Crippen LogP contribution in [-0.4, -0.2) is 40.4 Å². The highest BCUT2D eigenvalue weighted by Gasteiger charge is 2.35. The van der Waals surface area contributed by atoms with Gasteiger partial charge in [-0.3, -0.25) is 14.5 Å². The molecule has 0 bridgehead atoms. The fourth-order valence-corrected chi connectivity index (χ4v) is 5.07. The van der Waals surface area contributed by atoms with Crippen LogP contribution in [0.5, 0.6) is 0 Å². The molecule has 2 N–H and O–H groups in total. The van der Waals surface area contributed by atoms with E-state index in [2.05, 4.69) is 15.6 Å². The average Bonchev–Trinajstić information content (AvgIpc) is 3.63. The molecule has 38 heavy (non-hydrogen) atoms. The Bertz CT molecular complexity index is 1420. The molecule has 0 saturated carbocycles. The van der Waals surface area contributed by atoms with Gasteiger partial charge in [-0.2, -0.15) is 0 Å². The molecule has 3 amide bonds. The maximum atomic E-state index is 13.0. The molecule has 1 saturated heterocycles. The van der Waals surface area contributed by atoms with E-state index in [1.807, 2.05) is 72.8 Å². The molecular formula is C29H26N4O4S. The molecule has 192 valence electrons. The minimum atomic E-state index is -0.609. The maximum Gasteiger partial charge on any atom is 0.410 e. The quantitative estimate of drug-likeness (QED) is 0.317. The summed E-state index contributed by atoms with van der Waals surface area (Å²) in [6.45, 7) is 0.627. The molecular weight excluding hydrogens is 500 g/mol. The third kappa shape index (κ3) is 6.07. The Hall–Kier alpha value is -4.50. The lowest BCUT2D eigenvalue weighted by Gasteiger charge is -2.22. The van der Waals surface area contributed by atoms with E-state index in [-0.39, 0.29) is 18.4 Å². The van der Waals surface area contributed by atoms with Gasteiger partial charge >= 0.3 is 6.09 Å². The van der Waals surface area contributed by atoms with E-state index in [0.717, 1.165) is 22.4 Å². The van der Waals surface area contributed by atoms with Gasteiger partial charge in [0.15, 0.2) is 5.13 Å². The summed E-state index contributed by atoms with van der Waals surface area (Å²) in [5.41, 5.74) is 2.98. The Morgan fingerprint density at radius 2 is 1.71 bits per heavy atom. The standard InChI is InChI=1S/C29H26N4O4S/c34-26(21-11-5-2-6-12-21)31-23-14-7-13-22(17-23)25-18-30-28(38-25)32-27(35)24-15-8-16-33(24)29(36)37-19-20-9-3-1-4-10-20/h1-7,9-14,17-18,24H,8,15-16,19H2,(H,31,34)(H,30,32,35). The zero-order chi connectivity index (χ0) is 26.3. The van der Waals surface area contributed by atoms with Crippen LogP contribution in [-0.2, 0) is 16.1 Å². The zero-order valence-corrected chi connectivity index (χ0v) is 21.3. The number of rotatable bonds is 7. The summed E-state index contributed by atoms with van der Waals surface area (Å²) in [6.07, 6.45) is 2.47. The minimum absolute atomic E-state index is 0.158. The fraction of sp³-hybridized carbons (Fsp3) is 0.172. The lowest BCUT2D eigenvalue weighted by molar-refractivity contribution is -0.120. The number of amides is 3. The lowest BCUT2D eigenvalue weighted by Crippen LogP contribution is -2.43. The van der Waals surface area contributed by atoms with E-state index >= 15 is 0 Å². The van der Waals surface area contributed by atoms with Crippen molar-refractivity contribution >= 4 is 40.1 Å². The first-order valence-electron chi connectivity index (χ1n) is 12.3. The lowest BCUT2D eigenvalue weighted by atomic mass is 10.1. The van der Waals surface area contributed by atoms with Crippen molar-refractivity contribution in [2.24, 2.45) is 0 Å². The summed E-state index contributed by atoms with van der Waals surface area (Å²) in [4.78, 5) is 44.8. The van der Waals surface area contributed by atoms with Gasteiger partial charge in [-0.15, -0.1) is 0 Å². The van der Waals surface area contributed by atoms with Crippen LogP contribution >= 0.6 is 11.3 Å². The average molecular weight is 527 g/mol. The number of carbonyl (C=O) groups excluding carboxylic acids is 3. The smallest absolute Gasteiger partial charge is 0.410 e. The van der Waals surface area contributed by atoms with Crippen molar-refractivity contribution in [3.8, 4) is 10.4 Å². The third-order valence-electron chi connectivity index (χ3n) is 6.17. The number of nitrogens with zero attached hydrogens (tertiary/aromatic N) is 2. The van der Waals surface area contributed by atoms with Gasteiger partial charge in [0.25, 0.3) is 5.91 Å².